The van der Waals surface area contributed by atoms with Crippen molar-refractivity contribution in [3.8, 4) is 5.88 Å². The summed E-state index contributed by atoms with van der Waals surface area (Å²) in [5.74, 6) is 0.562. The fraction of sp³-hybridized carbons (Fsp3) is 0.611. The van der Waals surface area contributed by atoms with Crippen molar-refractivity contribution in [3.63, 3.8) is 0 Å². The van der Waals surface area contributed by atoms with E-state index in [1.54, 1.807) is 6.20 Å². The zero-order valence-electron chi connectivity index (χ0n) is 15.0. The minimum atomic E-state index is -0.423. The molecule has 3 heterocycles. The van der Waals surface area contributed by atoms with Crippen LogP contribution in [0.25, 0.3) is 0 Å². The number of anilines is 1. The molecule has 6 nitrogen and oxygen atoms in total. The van der Waals surface area contributed by atoms with E-state index in [-0.39, 0.29) is 0 Å². The first-order valence-corrected chi connectivity index (χ1v) is 8.48. The second-order valence-electron chi connectivity index (χ2n) is 7.32. The van der Waals surface area contributed by atoms with Gasteiger partial charge in [-0.1, -0.05) is 6.58 Å². The summed E-state index contributed by atoms with van der Waals surface area (Å²) in [5.41, 5.74) is 1.12. The number of likely N-dealkylation sites (tertiary alicyclic amines) is 1. The van der Waals surface area contributed by atoms with Crippen LogP contribution in [0.2, 0.25) is 0 Å². The number of nitrogens with zero attached hydrogens (tertiary/aromatic N) is 3. The summed E-state index contributed by atoms with van der Waals surface area (Å²) in [6.45, 7) is 14.6. The Morgan fingerprint density at radius 2 is 1.96 bits per heavy atom. The summed E-state index contributed by atoms with van der Waals surface area (Å²) >= 11 is 0. The monoisotopic (exact) mass is 333 g/mol. The molecule has 2 saturated heterocycles. The average molecular weight is 333 g/mol. The first kappa shape index (κ1) is 17.0. The number of allylic oxidation sites excluding steroid dienone is 1. The van der Waals surface area contributed by atoms with Crippen LogP contribution in [0.3, 0.4) is 0 Å². The van der Waals surface area contributed by atoms with Crippen LogP contribution in [0, 0.1) is 0 Å². The second-order valence-corrected chi connectivity index (χ2v) is 7.32. The molecule has 2 aliphatic rings. The lowest BCUT2D eigenvalue weighted by Crippen LogP contribution is -2.41. The molecule has 0 amide bonds. The van der Waals surface area contributed by atoms with E-state index in [0.29, 0.717) is 12.5 Å². The fourth-order valence-corrected chi connectivity index (χ4v) is 2.67. The molecular weight excluding hydrogens is 306 g/mol. The minimum absolute atomic E-state index is 0.423. The van der Waals surface area contributed by atoms with E-state index < -0.39 is 11.2 Å². The van der Waals surface area contributed by atoms with Crippen LogP contribution in [-0.4, -0.2) is 40.8 Å². The van der Waals surface area contributed by atoms with Gasteiger partial charge < -0.3 is 9.64 Å². The van der Waals surface area contributed by atoms with E-state index in [4.69, 9.17) is 14.4 Å². The summed E-state index contributed by atoms with van der Waals surface area (Å²) in [7, 11) is 0. The van der Waals surface area contributed by atoms with E-state index in [0.717, 1.165) is 25.2 Å². The second kappa shape index (κ2) is 6.26. The van der Waals surface area contributed by atoms with Crippen LogP contribution in [0.4, 0.5) is 5.69 Å². The maximum atomic E-state index is 5.91. The third-order valence-electron chi connectivity index (χ3n) is 4.95. The highest BCUT2D eigenvalue weighted by molar-refractivity contribution is 5.44. The Hall–Kier alpha value is -1.79. The molecule has 0 N–H and O–H groups in total. The average Bonchev–Trinajstić information content (AvgIpc) is 3.00. The first-order valence-electron chi connectivity index (χ1n) is 8.48. The SMILES string of the molecule is C=C1CCCN1CCOc1cc(N2OC(C)(C)C(C)(C)O2)ccn1. The lowest BCUT2D eigenvalue weighted by atomic mass is 9.90. The van der Waals surface area contributed by atoms with E-state index >= 15 is 0 Å². The lowest BCUT2D eigenvalue weighted by molar-refractivity contribution is -0.0274. The summed E-state index contributed by atoms with van der Waals surface area (Å²) < 4.78 is 5.79. The third-order valence-corrected chi connectivity index (χ3v) is 4.95. The Labute approximate surface area is 143 Å². The van der Waals surface area contributed by atoms with Crippen molar-refractivity contribution in [1.29, 1.82) is 0 Å². The van der Waals surface area contributed by atoms with Gasteiger partial charge in [0.2, 0.25) is 5.88 Å². The van der Waals surface area contributed by atoms with Crippen molar-refractivity contribution >= 4 is 5.69 Å². The fourth-order valence-electron chi connectivity index (χ4n) is 2.67. The van der Waals surface area contributed by atoms with Crippen LogP contribution in [0.1, 0.15) is 40.5 Å². The smallest absolute Gasteiger partial charge is 0.215 e. The Balaban J connectivity index is 1.59. The number of rotatable bonds is 5. The molecule has 1 aromatic heterocycles. The largest absolute Gasteiger partial charge is 0.476 e. The lowest BCUT2D eigenvalue weighted by Gasteiger charge is -2.26. The van der Waals surface area contributed by atoms with Crippen molar-refractivity contribution in [1.82, 2.24) is 9.88 Å². The van der Waals surface area contributed by atoms with Gasteiger partial charge in [-0.2, -0.15) is 0 Å². The molecule has 0 radical (unpaired) electrons. The highest BCUT2D eigenvalue weighted by Crippen LogP contribution is 2.40. The molecule has 6 heteroatoms. The molecule has 0 unspecified atom stereocenters. The van der Waals surface area contributed by atoms with E-state index in [1.807, 2.05) is 39.8 Å². The first-order chi connectivity index (χ1) is 11.3. The van der Waals surface area contributed by atoms with Crippen LogP contribution in [0.5, 0.6) is 5.88 Å². The standard InChI is InChI=1S/C18H27N3O3/c1-14-7-6-10-20(14)11-12-22-16-13-15(8-9-19-16)21-23-17(2,3)18(4,5)24-21/h8-9,13H,1,6-7,10-12H2,2-5H3. The molecule has 2 aliphatic heterocycles. The number of pyridine rings is 1. The summed E-state index contributed by atoms with van der Waals surface area (Å²) in [6.07, 6.45) is 3.97. The maximum absolute atomic E-state index is 5.91. The van der Waals surface area contributed by atoms with Gasteiger partial charge in [0, 0.05) is 24.5 Å². The molecule has 2 fully saturated rings. The van der Waals surface area contributed by atoms with Crippen molar-refractivity contribution in [2.45, 2.75) is 51.7 Å². The van der Waals surface area contributed by atoms with Crippen molar-refractivity contribution in [3.05, 3.63) is 30.6 Å². The Kier molecular flexibility index (Phi) is 4.44. The summed E-state index contributed by atoms with van der Waals surface area (Å²) in [4.78, 5) is 18.4. The van der Waals surface area contributed by atoms with Gasteiger partial charge in [0.25, 0.3) is 0 Å². The van der Waals surface area contributed by atoms with Crippen LogP contribution in [-0.2, 0) is 9.68 Å². The van der Waals surface area contributed by atoms with Gasteiger partial charge in [-0.3, -0.25) is 0 Å². The van der Waals surface area contributed by atoms with Crippen LogP contribution in [0.15, 0.2) is 30.6 Å². The molecule has 0 aromatic carbocycles. The van der Waals surface area contributed by atoms with Gasteiger partial charge in [-0.15, -0.1) is 5.23 Å². The zero-order chi connectivity index (χ0) is 17.4. The van der Waals surface area contributed by atoms with Gasteiger partial charge >= 0.3 is 0 Å². The maximum Gasteiger partial charge on any atom is 0.215 e. The quantitative estimate of drug-likeness (QED) is 0.824. The molecule has 3 rings (SSSR count). The molecular formula is C18H27N3O3. The minimum Gasteiger partial charge on any atom is -0.476 e. The van der Waals surface area contributed by atoms with Crippen LogP contribution < -0.4 is 9.96 Å². The van der Waals surface area contributed by atoms with Gasteiger partial charge in [0.15, 0.2) is 0 Å². The molecule has 24 heavy (non-hydrogen) atoms. The summed E-state index contributed by atoms with van der Waals surface area (Å²) in [6, 6.07) is 3.67. The van der Waals surface area contributed by atoms with Crippen molar-refractivity contribution in [2.24, 2.45) is 0 Å². The number of hydrogen-bond acceptors (Lipinski definition) is 6. The molecule has 0 saturated carbocycles. The molecule has 0 spiro atoms. The van der Waals surface area contributed by atoms with Crippen LogP contribution >= 0.6 is 0 Å². The van der Waals surface area contributed by atoms with Gasteiger partial charge in [-0.05, 0) is 46.6 Å². The van der Waals surface area contributed by atoms with E-state index in [1.165, 1.54) is 17.3 Å². The van der Waals surface area contributed by atoms with Gasteiger partial charge in [-0.25, -0.2) is 14.7 Å². The summed E-state index contributed by atoms with van der Waals surface area (Å²) in [5, 5.41) is 1.46. The van der Waals surface area contributed by atoms with E-state index in [9.17, 15) is 0 Å². The number of ether oxygens (including phenoxy) is 1. The van der Waals surface area contributed by atoms with Crippen molar-refractivity contribution < 1.29 is 14.4 Å². The Morgan fingerprint density at radius 3 is 2.58 bits per heavy atom. The molecule has 1 aromatic rings. The molecule has 0 aliphatic carbocycles. The highest BCUT2D eigenvalue weighted by Gasteiger charge is 2.50. The molecule has 0 bridgehead atoms. The number of hydrogen-bond donors (Lipinski definition) is 0. The predicted molar refractivity (Wildman–Crippen MR) is 92.5 cm³/mol. The van der Waals surface area contributed by atoms with E-state index in [2.05, 4.69) is 16.5 Å². The van der Waals surface area contributed by atoms with Gasteiger partial charge in [0.1, 0.15) is 23.5 Å². The Bertz CT molecular complexity index is 599. The zero-order valence-corrected chi connectivity index (χ0v) is 15.0. The van der Waals surface area contributed by atoms with Crippen molar-refractivity contribution in [2.75, 3.05) is 24.9 Å². The molecule has 0 atom stereocenters. The topological polar surface area (TPSA) is 47.1 Å². The third kappa shape index (κ3) is 3.35. The number of aromatic nitrogens is 1. The molecule has 132 valence electrons. The van der Waals surface area contributed by atoms with Gasteiger partial charge in [0.05, 0.1) is 6.54 Å². The normalized spacial score (nSPS) is 22.2. The highest BCUT2D eigenvalue weighted by atomic mass is 17.0. The Morgan fingerprint density at radius 1 is 1.25 bits per heavy atom. The predicted octanol–water partition coefficient (Wildman–Crippen LogP) is 3.31.